The third-order valence-electron chi connectivity index (χ3n) is 3.87. The highest BCUT2D eigenvalue weighted by atomic mass is 16.5. The number of rotatable bonds is 8. The normalized spacial score (nSPS) is 19.1. The molecule has 4 nitrogen and oxygen atoms in total. The highest BCUT2D eigenvalue weighted by Crippen LogP contribution is 2.32. The fourth-order valence-electron chi connectivity index (χ4n) is 2.83. The zero-order valence-electron chi connectivity index (χ0n) is 13.1. The van der Waals surface area contributed by atoms with Crippen molar-refractivity contribution in [3.63, 3.8) is 0 Å². The lowest BCUT2D eigenvalue weighted by Gasteiger charge is -2.27. The Balaban J connectivity index is 2.01. The molecule has 2 N–H and O–H groups in total. The van der Waals surface area contributed by atoms with Crippen molar-refractivity contribution in [3.05, 3.63) is 29.3 Å². The molecule has 2 atom stereocenters. The van der Waals surface area contributed by atoms with Crippen LogP contribution in [0.25, 0.3) is 0 Å². The Morgan fingerprint density at radius 2 is 2.24 bits per heavy atom. The average molecular weight is 293 g/mol. The van der Waals surface area contributed by atoms with Gasteiger partial charge in [-0.05, 0) is 55.5 Å². The Labute approximate surface area is 127 Å². The van der Waals surface area contributed by atoms with Gasteiger partial charge >= 0.3 is 0 Å². The van der Waals surface area contributed by atoms with E-state index in [1.54, 1.807) is 7.11 Å². The number of benzene rings is 1. The Morgan fingerprint density at radius 1 is 1.38 bits per heavy atom. The summed E-state index contributed by atoms with van der Waals surface area (Å²) < 4.78 is 10.6. The minimum Gasteiger partial charge on any atom is -0.491 e. The molecule has 118 valence electrons. The number of aliphatic hydroxyl groups excluding tert-OH is 1. The minimum absolute atomic E-state index is 0.264. The van der Waals surface area contributed by atoms with Crippen molar-refractivity contribution in [1.82, 2.24) is 5.32 Å². The van der Waals surface area contributed by atoms with Crippen molar-refractivity contribution in [2.45, 2.75) is 44.8 Å². The van der Waals surface area contributed by atoms with Gasteiger partial charge in [-0.3, -0.25) is 0 Å². The highest BCUT2D eigenvalue weighted by molar-refractivity contribution is 5.39. The quantitative estimate of drug-likeness (QED) is 0.773. The van der Waals surface area contributed by atoms with Gasteiger partial charge < -0.3 is 19.9 Å². The molecule has 0 amide bonds. The molecule has 0 fully saturated rings. The van der Waals surface area contributed by atoms with Gasteiger partial charge in [-0.2, -0.15) is 0 Å². The Morgan fingerprint density at radius 3 is 3.00 bits per heavy atom. The molecule has 1 aromatic carbocycles. The maximum Gasteiger partial charge on any atom is 0.119 e. The molecule has 1 aliphatic rings. The molecule has 0 bridgehead atoms. The molecule has 21 heavy (non-hydrogen) atoms. The van der Waals surface area contributed by atoms with Gasteiger partial charge in [0.05, 0.1) is 6.61 Å². The number of methoxy groups -OCH3 is 1. The number of hydrogen-bond acceptors (Lipinski definition) is 4. The second kappa shape index (κ2) is 8.37. The van der Waals surface area contributed by atoms with Crippen molar-refractivity contribution < 1.29 is 14.6 Å². The van der Waals surface area contributed by atoms with E-state index in [4.69, 9.17) is 9.47 Å². The third kappa shape index (κ3) is 4.70. The number of fused-ring (bicyclic) bond motifs is 1. The summed E-state index contributed by atoms with van der Waals surface area (Å²) in [7, 11) is 1.58. The lowest BCUT2D eigenvalue weighted by atomic mass is 9.87. The molecular weight excluding hydrogens is 266 g/mol. The maximum atomic E-state index is 9.65. The monoisotopic (exact) mass is 293 g/mol. The average Bonchev–Trinajstić information content (AvgIpc) is 2.51. The summed E-state index contributed by atoms with van der Waals surface area (Å²) in [6.45, 7) is 3.79. The Hall–Kier alpha value is -1.10. The fraction of sp³-hybridized carbons (Fsp3) is 0.647. The van der Waals surface area contributed by atoms with Gasteiger partial charge in [0.2, 0.25) is 0 Å². The van der Waals surface area contributed by atoms with Gasteiger partial charge in [0.1, 0.15) is 18.5 Å². The summed E-state index contributed by atoms with van der Waals surface area (Å²) in [6.07, 6.45) is 4.13. The molecule has 0 saturated carbocycles. The van der Waals surface area contributed by atoms with E-state index >= 15 is 0 Å². The first-order chi connectivity index (χ1) is 10.2. The summed E-state index contributed by atoms with van der Waals surface area (Å²) in [5.74, 6) is 0.828. The molecule has 0 aromatic heterocycles. The van der Waals surface area contributed by atoms with E-state index in [9.17, 15) is 5.11 Å². The Kier molecular flexibility index (Phi) is 6.49. The molecule has 0 radical (unpaired) electrons. The van der Waals surface area contributed by atoms with E-state index in [2.05, 4.69) is 24.4 Å². The number of aliphatic hydroxyl groups is 1. The van der Waals surface area contributed by atoms with E-state index in [-0.39, 0.29) is 6.61 Å². The number of aryl methyl sites for hydroxylation is 1. The standard InChI is InChI=1S/C17H27NO3/c1-3-9-18-17-6-4-5-13-7-8-15(10-16(13)17)21-12-14(19)11-20-2/h7-8,10,14,17-19H,3-6,9,11-12H2,1-2H3. The van der Waals surface area contributed by atoms with Crippen molar-refractivity contribution >= 4 is 0 Å². The molecule has 0 spiro atoms. The van der Waals surface area contributed by atoms with E-state index in [0.29, 0.717) is 12.6 Å². The topological polar surface area (TPSA) is 50.7 Å². The van der Waals surface area contributed by atoms with Crippen LogP contribution in [0.1, 0.15) is 43.4 Å². The lowest BCUT2D eigenvalue weighted by molar-refractivity contribution is 0.0325. The van der Waals surface area contributed by atoms with E-state index in [1.807, 2.05) is 6.07 Å². The number of nitrogens with one attached hydrogen (secondary N) is 1. The van der Waals surface area contributed by atoms with Crippen molar-refractivity contribution in [1.29, 1.82) is 0 Å². The second-order valence-electron chi connectivity index (χ2n) is 5.68. The van der Waals surface area contributed by atoms with Crippen LogP contribution in [0.5, 0.6) is 5.75 Å². The fourth-order valence-corrected chi connectivity index (χ4v) is 2.83. The van der Waals surface area contributed by atoms with Gasteiger partial charge in [-0.15, -0.1) is 0 Å². The number of hydrogen-bond donors (Lipinski definition) is 2. The SMILES string of the molecule is CCCNC1CCCc2ccc(OCC(O)COC)cc21. The van der Waals surface area contributed by atoms with Crippen LogP contribution < -0.4 is 10.1 Å². The van der Waals surface area contributed by atoms with Crippen LogP contribution in [-0.2, 0) is 11.2 Å². The first kappa shape index (κ1) is 16.3. The van der Waals surface area contributed by atoms with E-state index in [0.717, 1.165) is 25.1 Å². The van der Waals surface area contributed by atoms with Crippen LogP contribution in [-0.4, -0.2) is 38.1 Å². The molecule has 2 unspecified atom stereocenters. The van der Waals surface area contributed by atoms with Crippen LogP contribution in [0.3, 0.4) is 0 Å². The predicted molar refractivity (Wildman–Crippen MR) is 83.8 cm³/mol. The van der Waals surface area contributed by atoms with Crippen LogP contribution in [0.15, 0.2) is 18.2 Å². The summed E-state index contributed by atoms with van der Waals surface area (Å²) >= 11 is 0. The zero-order chi connectivity index (χ0) is 15.1. The molecule has 1 aromatic rings. The maximum absolute atomic E-state index is 9.65. The predicted octanol–water partition coefficient (Wildman–Crippen LogP) is 2.45. The van der Waals surface area contributed by atoms with Crippen molar-refractivity contribution in [2.24, 2.45) is 0 Å². The smallest absolute Gasteiger partial charge is 0.119 e. The van der Waals surface area contributed by atoms with Crippen molar-refractivity contribution in [2.75, 3.05) is 26.9 Å². The van der Waals surface area contributed by atoms with Gasteiger partial charge in [-0.1, -0.05) is 13.0 Å². The molecule has 0 saturated heterocycles. The first-order valence-electron chi connectivity index (χ1n) is 7.90. The third-order valence-corrected chi connectivity index (χ3v) is 3.87. The van der Waals surface area contributed by atoms with Crippen LogP contribution >= 0.6 is 0 Å². The van der Waals surface area contributed by atoms with E-state index < -0.39 is 6.10 Å². The molecule has 4 heteroatoms. The van der Waals surface area contributed by atoms with Gasteiger partial charge in [0.15, 0.2) is 0 Å². The molecule has 0 aliphatic heterocycles. The summed E-state index contributed by atoms with van der Waals surface area (Å²) in [5.41, 5.74) is 2.77. The minimum atomic E-state index is -0.583. The summed E-state index contributed by atoms with van der Waals surface area (Å²) in [4.78, 5) is 0. The molecule has 1 aliphatic carbocycles. The molecule has 2 rings (SSSR count). The summed E-state index contributed by atoms with van der Waals surface area (Å²) in [6, 6.07) is 6.72. The first-order valence-corrected chi connectivity index (χ1v) is 7.90. The van der Waals surface area contributed by atoms with Gasteiger partial charge in [-0.25, -0.2) is 0 Å². The van der Waals surface area contributed by atoms with Crippen LogP contribution in [0.4, 0.5) is 0 Å². The Bertz CT molecular complexity index is 436. The highest BCUT2D eigenvalue weighted by Gasteiger charge is 2.20. The molecular formula is C17H27NO3. The molecule has 0 heterocycles. The lowest BCUT2D eigenvalue weighted by Crippen LogP contribution is -2.26. The van der Waals surface area contributed by atoms with Crippen LogP contribution in [0, 0.1) is 0 Å². The number of ether oxygens (including phenoxy) is 2. The van der Waals surface area contributed by atoms with Crippen molar-refractivity contribution in [3.8, 4) is 5.75 Å². The van der Waals surface area contributed by atoms with Gasteiger partial charge in [0, 0.05) is 13.2 Å². The van der Waals surface area contributed by atoms with Crippen LogP contribution in [0.2, 0.25) is 0 Å². The largest absolute Gasteiger partial charge is 0.491 e. The second-order valence-corrected chi connectivity index (χ2v) is 5.68. The summed E-state index contributed by atoms with van der Waals surface area (Å²) in [5, 5.41) is 13.3. The van der Waals surface area contributed by atoms with Gasteiger partial charge in [0.25, 0.3) is 0 Å². The zero-order valence-corrected chi connectivity index (χ0v) is 13.1. The van der Waals surface area contributed by atoms with E-state index in [1.165, 1.54) is 24.0 Å².